The Morgan fingerprint density at radius 3 is 2.52 bits per heavy atom. The number of alkyl halides is 4. The molecule has 4 rings (SSSR count). The Morgan fingerprint density at radius 2 is 1.88 bits per heavy atom. The fourth-order valence-corrected chi connectivity index (χ4v) is 8.16. The van der Waals surface area contributed by atoms with Crippen LogP contribution in [0.5, 0.6) is 5.75 Å². The fourth-order valence-electron chi connectivity index (χ4n) is 5.85. The Balaban J connectivity index is 1.39. The summed E-state index contributed by atoms with van der Waals surface area (Å²) in [5.74, 6) is 0.0940. The number of halogens is 4. The molecule has 0 N–H and O–H groups in total. The van der Waals surface area contributed by atoms with Crippen LogP contribution < -0.4 is 36.2 Å². The number of hydrogen-bond acceptors (Lipinski definition) is 8. The number of piperazine rings is 1. The van der Waals surface area contributed by atoms with Gasteiger partial charge in [-0.25, -0.2) is 0 Å². The van der Waals surface area contributed by atoms with Gasteiger partial charge >= 0.3 is 150 Å². The third-order valence-corrected chi connectivity index (χ3v) is 11.0. The van der Waals surface area contributed by atoms with Gasteiger partial charge in [0.05, 0.1) is 22.9 Å². The quantitative estimate of drug-likeness (QED) is 0.132. The first kappa shape index (κ1) is 37.8. The van der Waals surface area contributed by atoms with Crippen molar-refractivity contribution >= 4 is 40.6 Å². The Morgan fingerprint density at radius 1 is 1.15 bits per heavy atom. The number of nitrogens with zero attached hydrogens (tertiary/aromatic N) is 5. The predicted octanol–water partition coefficient (Wildman–Crippen LogP) is 2.79. The zero-order chi connectivity index (χ0) is 35.2. The van der Waals surface area contributed by atoms with Gasteiger partial charge in [-0.05, 0) is 62.8 Å². The molecule has 2 heterocycles. The first-order chi connectivity index (χ1) is 22.7. The molecule has 2 saturated heterocycles. The van der Waals surface area contributed by atoms with Gasteiger partial charge < -0.3 is 4.90 Å². The Bertz CT molecular complexity index is 1550. The van der Waals surface area contributed by atoms with Gasteiger partial charge in [-0.1, -0.05) is 6.92 Å². The minimum absolute atomic E-state index is 0.0400. The molecule has 14 heteroatoms. The summed E-state index contributed by atoms with van der Waals surface area (Å²) in [6, 6.07) is 10.4. The number of rotatable bonds is 13. The van der Waals surface area contributed by atoms with E-state index < -0.39 is 50.4 Å². The molecule has 1 atom stereocenters. The summed E-state index contributed by atoms with van der Waals surface area (Å²) in [6.07, 6.45) is -1.92. The van der Waals surface area contributed by atoms with Crippen molar-refractivity contribution in [1.29, 1.82) is 5.26 Å². The molecule has 262 valence electrons. The maximum absolute atomic E-state index is 13.7. The topological polar surface area (TPSA) is 89.3 Å². The number of aryl methyl sites for hydroxylation is 1. The number of carbonyl (C=O) groups excluding carboxylic acids is 2. The van der Waals surface area contributed by atoms with Gasteiger partial charge in [0, 0.05) is 5.69 Å². The Kier molecular flexibility index (Phi) is 12.7. The number of hydrogen-bond donors (Lipinski definition) is 0. The molecule has 0 unspecified atom stereocenters. The molecule has 0 spiro atoms. The molecule has 0 radical (unpaired) electrons. The molecule has 48 heavy (non-hydrogen) atoms. The van der Waals surface area contributed by atoms with E-state index in [1.165, 1.54) is 6.07 Å². The SMILES string of the molecule is CCCC[I-]OC(=O)CN1CCN(CCOc2ccc(N3C(=S)N(c4ccc(C#N)c(C(F)(F)F)c4)C(=O)C3(C)C)cc2CC)C[C@H]1C. The number of amides is 1. The van der Waals surface area contributed by atoms with E-state index in [-0.39, 0.29) is 22.8 Å². The van der Waals surface area contributed by atoms with Crippen molar-refractivity contribution in [3.63, 3.8) is 0 Å². The number of thiocarbonyl (C=S) groups is 1. The number of benzene rings is 2. The summed E-state index contributed by atoms with van der Waals surface area (Å²) in [6.45, 7) is 13.5. The zero-order valence-electron chi connectivity index (χ0n) is 27.9. The van der Waals surface area contributed by atoms with E-state index >= 15 is 0 Å². The van der Waals surface area contributed by atoms with Gasteiger partial charge in [0.2, 0.25) is 0 Å². The summed E-state index contributed by atoms with van der Waals surface area (Å²) in [5.41, 5.74) is -1.39. The van der Waals surface area contributed by atoms with Crippen LogP contribution in [-0.4, -0.2) is 82.1 Å². The molecular weight excluding hydrogens is 758 g/mol. The molecule has 2 aromatic rings. The number of unbranched alkanes of at least 4 members (excludes halogenated alkanes) is 1. The number of nitriles is 1. The van der Waals surface area contributed by atoms with Crippen LogP contribution in [0.15, 0.2) is 36.4 Å². The summed E-state index contributed by atoms with van der Waals surface area (Å²) >= 11 is 5.18. The van der Waals surface area contributed by atoms with Crippen LogP contribution in [0, 0.1) is 11.3 Å². The van der Waals surface area contributed by atoms with E-state index in [0.717, 1.165) is 59.5 Å². The Labute approximate surface area is 296 Å². The van der Waals surface area contributed by atoms with E-state index in [2.05, 4.69) is 23.6 Å². The van der Waals surface area contributed by atoms with Crippen LogP contribution in [-0.2, 0) is 25.3 Å². The van der Waals surface area contributed by atoms with Gasteiger partial charge in [0.15, 0.2) is 5.11 Å². The fraction of sp³-hybridized carbons (Fsp3) is 0.529. The van der Waals surface area contributed by atoms with Gasteiger partial charge in [-0.2, -0.15) is 18.4 Å². The van der Waals surface area contributed by atoms with Crippen LogP contribution in [0.1, 0.15) is 64.2 Å². The summed E-state index contributed by atoms with van der Waals surface area (Å²) < 4.78 is 53.8. The molecule has 0 saturated carbocycles. The molecule has 0 aliphatic carbocycles. The second kappa shape index (κ2) is 16.1. The van der Waals surface area contributed by atoms with Gasteiger partial charge in [0.1, 0.15) is 5.54 Å². The van der Waals surface area contributed by atoms with Crippen LogP contribution >= 0.6 is 12.2 Å². The number of carbonyl (C=O) groups is 2. The van der Waals surface area contributed by atoms with E-state index in [4.69, 9.17) is 20.0 Å². The summed E-state index contributed by atoms with van der Waals surface area (Å²) in [4.78, 5) is 33.1. The van der Waals surface area contributed by atoms with E-state index in [1.54, 1.807) is 30.9 Å². The second-order valence-corrected chi connectivity index (χ2v) is 14.9. The van der Waals surface area contributed by atoms with Gasteiger partial charge in [0.25, 0.3) is 5.91 Å². The van der Waals surface area contributed by atoms with E-state index in [1.807, 2.05) is 19.1 Å². The molecule has 0 bridgehead atoms. The van der Waals surface area contributed by atoms with Crippen LogP contribution in [0.2, 0.25) is 0 Å². The monoisotopic (exact) mass is 800 g/mol. The third kappa shape index (κ3) is 8.58. The van der Waals surface area contributed by atoms with Gasteiger partial charge in [-0.3, -0.25) is 9.69 Å². The normalized spacial score (nSPS) is 18.8. The van der Waals surface area contributed by atoms with Crippen molar-refractivity contribution in [1.82, 2.24) is 9.80 Å². The second-order valence-electron chi connectivity index (χ2n) is 12.4. The van der Waals surface area contributed by atoms with Crippen molar-refractivity contribution in [2.24, 2.45) is 0 Å². The van der Waals surface area contributed by atoms with Crippen molar-refractivity contribution in [2.75, 3.05) is 53.6 Å². The molecule has 9 nitrogen and oxygen atoms in total. The average molecular weight is 801 g/mol. The molecule has 0 aromatic heterocycles. The minimum atomic E-state index is -4.77. The molecule has 2 aromatic carbocycles. The molecule has 2 aliphatic heterocycles. The van der Waals surface area contributed by atoms with Crippen molar-refractivity contribution in [2.45, 2.75) is 71.6 Å². The third-order valence-electron chi connectivity index (χ3n) is 8.59. The first-order valence-corrected chi connectivity index (χ1v) is 18.9. The molecule has 2 fully saturated rings. The zero-order valence-corrected chi connectivity index (χ0v) is 30.9. The van der Waals surface area contributed by atoms with Crippen LogP contribution in [0.25, 0.3) is 0 Å². The van der Waals surface area contributed by atoms with E-state index in [0.29, 0.717) is 37.6 Å². The first-order valence-electron chi connectivity index (χ1n) is 16.0. The van der Waals surface area contributed by atoms with Crippen molar-refractivity contribution in [3.05, 3.63) is 53.1 Å². The standard InChI is InChI=1S/C34H42F3IN5O4S/c1-6-8-13-38-47-30(44)22-41-15-14-40(21-23(41)3)16-17-46-29-12-11-27(18-24(29)7-2)43-32(48)42(31(45)33(43,4)5)26-10-9-25(20-39)28(19-26)34(35,36)37/h9-12,18-19,23H,6-8,13-17,21-22H2,1-5H3/q-1/t23-/m1/s1. The Hall–Kier alpha value is -3.00. The van der Waals surface area contributed by atoms with E-state index in [9.17, 15) is 28.0 Å². The van der Waals surface area contributed by atoms with Crippen LogP contribution in [0.3, 0.4) is 0 Å². The number of ether oxygens (including phenoxy) is 1. The molecular formula is C34H42F3IN5O4S-. The van der Waals surface area contributed by atoms with Crippen molar-refractivity contribution in [3.8, 4) is 11.8 Å². The number of anilines is 2. The summed E-state index contributed by atoms with van der Waals surface area (Å²) in [5, 5.41) is 9.24. The molecule has 1 amide bonds. The van der Waals surface area contributed by atoms with Crippen LogP contribution in [0.4, 0.5) is 24.5 Å². The summed E-state index contributed by atoms with van der Waals surface area (Å²) in [7, 11) is 0. The maximum atomic E-state index is 13.7. The predicted molar refractivity (Wildman–Crippen MR) is 177 cm³/mol. The van der Waals surface area contributed by atoms with Gasteiger partial charge in [-0.15, -0.1) is 0 Å². The average Bonchev–Trinajstić information content (AvgIpc) is 3.22. The van der Waals surface area contributed by atoms with Crippen molar-refractivity contribution < 1.29 is 52.2 Å². The molecule has 2 aliphatic rings.